The summed E-state index contributed by atoms with van der Waals surface area (Å²) < 4.78 is 18.7. The van der Waals surface area contributed by atoms with Gasteiger partial charge in [-0.15, -0.1) is 11.6 Å². The summed E-state index contributed by atoms with van der Waals surface area (Å²) in [5, 5.41) is 19.3. The molecule has 1 fully saturated rings. The van der Waals surface area contributed by atoms with Gasteiger partial charge in [-0.1, -0.05) is 4.98 Å². The number of aromatic nitrogens is 2. The van der Waals surface area contributed by atoms with Crippen molar-refractivity contribution in [1.29, 1.82) is 0 Å². The number of ether oxygens (including phenoxy) is 1. The summed E-state index contributed by atoms with van der Waals surface area (Å²) in [5.74, 6) is -0.465. The number of hydrogen-bond donors (Lipinski definition) is 1. The zero-order chi connectivity index (χ0) is 12.6. The third-order valence-electron chi connectivity index (χ3n) is 2.53. The molecular formula is C8H9ClFN3O4. The number of nitrogens with zero attached hydrogens (tertiary/aromatic N) is 3. The van der Waals surface area contributed by atoms with Crippen molar-refractivity contribution >= 4 is 17.5 Å². The van der Waals surface area contributed by atoms with E-state index < -0.39 is 41.4 Å². The van der Waals surface area contributed by atoms with Gasteiger partial charge in [0, 0.05) is 0 Å². The van der Waals surface area contributed by atoms with E-state index in [1.807, 2.05) is 0 Å². The molecule has 0 spiro atoms. The molecule has 1 aromatic rings. The van der Waals surface area contributed by atoms with Crippen molar-refractivity contribution < 1.29 is 19.2 Å². The number of aliphatic hydroxyl groups excluding tert-OH is 1. The molecule has 0 amide bonds. The summed E-state index contributed by atoms with van der Waals surface area (Å²) in [6.07, 6.45) is -0.792. The van der Waals surface area contributed by atoms with Crippen molar-refractivity contribution in [3.05, 3.63) is 22.5 Å². The Morgan fingerprint density at radius 2 is 2.47 bits per heavy atom. The van der Waals surface area contributed by atoms with Gasteiger partial charge in [0.05, 0.1) is 0 Å². The van der Waals surface area contributed by atoms with Crippen molar-refractivity contribution in [2.24, 2.45) is 0 Å². The Hall–Kier alpha value is -1.25. The van der Waals surface area contributed by atoms with E-state index in [0.717, 1.165) is 4.57 Å². The van der Waals surface area contributed by atoms with Gasteiger partial charge in [-0.25, -0.2) is 8.96 Å². The van der Waals surface area contributed by atoms with Crippen LogP contribution in [0.15, 0.2) is 12.4 Å². The molecule has 2 rings (SSSR count). The standard InChI is InChI=1S/C8H9ClFN3O4/c9-5-6(14)4(3-10)17-7(5)12-2-1-11-8(12)13(15)16/h1-2,4-7,14H,3H2/t4-,5+,6-,7-/m1/s1. The highest BCUT2D eigenvalue weighted by molar-refractivity contribution is 6.21. The first-order valence-electron chi connectivity index (χ1n) is 4.77. The Kier molecular flexibility index (Phi) is 3.27. The van der Waals surface area contributed by atoms with Gasteiger partial charge in [0.15, 0.2) is 0 Å². The lowest BCUT2D eigenvalue weighted by Crippen LogP contribution is -2.28. The second-order valence-electron chi connectivity index (χ2n) is 3.55. The molecule has 0 unspecified atom stereocenters. The van der Waals surface area contributed by atoms with Crippen LogP contribution in [0.5, 0.6) is 0 Å². The van der Waals surface area contributed by atoms with Gasteiger partial charge in [-0.05, 0) is 4.92 Å². The first-order chi connectivity index (χ1) is 8.06. The summed E-state index contributed by atoms with van der Waals surface area (Å²) in [6, 6.07) is 0. The maximum atomic E-state index is 12.5. The van der Waals surface area contributed by atoms with Gasteiger partial charge in [-0.2, -0.15) is 0 Å². The van der Waals surface area contributed by atoms with Crippen molar-refractivity contribution in [2.45, 2.75) is 23.8 Å². The summed E-state index contributed by atoms with van der Waals surface area (Å²) in [6.45, 7) is -0.913. The lowest BCUT2D eigenvalue weighted by atomic mass is 10.2. The number of aliphatic hydroxyl groups is 1. The fraction of sp³-hybridized carbons (Fsp3) is 0.625. The van der Waals surface area contributed by atoms with Crippen LogP contribution in [-0.4, -0.2) is 43.8 Å². The Morgan fingerprint density at radius 1 is 1.76 bits per heavy atom. The minimum atomic E-state index is -1.21. The van der Waals surface area contributed by atoms with Crippen LogP contribution in [-0.2, 0) is 4.74 Å². The zero-order valence-electron chi connectivity index (χ0n) is 8.44. The average molecular weight is 266 g/mol. The Morgan fingerprint density at radius 3 is 3.00 bits per heavy atom. The molecule has 0 radical (unpaired) electrons. The van der Waals surface area contributed by atoms with Gasteiger partial charge in [0.2, 0.25) is 6.23 Å². The Bertz CT molecular complexity index is 429. The number of hydrogen-bond acceptors (Lipinski definition) is 5. The number of halogens is 2. The highest BCUT2D eigenvalue weighted by atomic mass is 35.5. The van der Waals surface area contributed by atoms with Crippen molar-refractivity contribution in [1.82, 2.24) is 9.55 Å². The van der Waals surface area contributed by atoms with E-state index >= 15 is 0 Å². The largest absolute Gasteiger partial charge is 0.436 e. The molecule has 0 aromatic carbocycles. The molecule has 1 aliphatic rings. The second kappa shape index (κ2) is 4.55. The molecule has 0 aliphatic carbocycles. The zero-order valence-corrected chi connectivity index (χ0v) is 9.20. The molecule has 0 bridgehead atoms. The van der Waals surface area contributed by atoms with Crippen LogP contribution in [0.2, 0.25) is 0 Å². The van der Waals surface area contributed by atoms with Crippen molar-refractivity contribution in [3.8, 4) is 0 Å². The molecule has 9 heteroatoms. The molecule has 1 N–H and O–H groups in total. The summed E-state index contributed by atoms with van der Waals surface area (Å²) >= 11 is 5.86. The number of nitro groups is 1. The van der Waals surface area contributed by atoms with Gasteiger partial charge in [-0.3, -0.25) is 0 Å². The maximum absolute atomic E-state index is 12.5. The number of imidazole rings is 1. The van der Waals surface area contributed by atoms with E-state index in [-0.39, 0.29) is 0 Å². The van der Waals surface area contributed by atoms with Gasteiger partial charge >= 0.3 is 5.95 Å². The normalized spacial score (nSPS) is 32.9. The molecule has 1 aliphatic heterocycles. The molecule has 1 aromatic heterocycles. The highest BCUT2D eigenvalue weighted by Crippen LogP contribution is 2.35. The fourth-order valence-electron chi connectivity index (χ4n) is 1.70. The summed E-state index contributed by atoms with van der Waals surface area (Å²) in [5.41, 5.74) is 0. The molecular weight excluding hydrogens is 257 g/mol. The minimum Gasteiger partial charge on any atom is -0.390 e. The van der Waals surface area contributed by atoms with Crippen LogP contribution in [0.3, 0.4) is 0 Å². The minimum absolute atomic E-state index is 0.465. The van der Waals surface area contributed by atoms with Gasteiger partial charge < -0.3 is 20.0 Å². The number of alkyl halides is 2. The van der Waals surface area contributed by atoms with Crippen molar-refractivity contribution in [2.75, 3.05) is 6.67 Å². The Balaban J connectivity index is 2.29. The van der Waals surface area contributed by atoms with E-state index in [2.05, 4.69) is 4.98 Å². The fourth-order valence-corrected chi connectivity index (χ4v) is 2.04. The maximum Gasteiger partial charge on any atom is 0.436 e. The molecule has 1 saturated heterocycles. The quantitative estimate of drug-likeness (QED) is 0.492. The molecule has 4 atom stereocenters. The van der Waals surface area contributed by atoms with Crippen LogP contribution >= 0.6 is 11.6 Å². The van der Waals surface area contributed by atoms with E-state index in [1.165, 1.54) is 12.4 Å². The molecule has 2 heterocycles. The lowest BCUT2D eigenvalue weighted by molar-refractivity contribution is -0.398. The van der Waals surface area contributed by atoms with Gasteiger partial charge in [0.25, 0.3) is 0 Å². The first kappa shape index (κ1) is 12.2. The SMILES string of the molecule is O=[N+]([O-])c1nccn1[C@@H]1O[C@H](CF)[C@@H](O)[C@@H]1Cl. The van der Waals surface area contributed by atoms with Gasteiger partial charge in [0.1, 0.15) is 36.7 Å². The van der Waals surface area contributed by atoms with Crippen LogP contribution in [0, 0.1) is 10.1 Å². The molecule has 17 heavy (non-hydrogen) atoms. The third-order valence-corrected chi connectivity index (χ3v) is 3.01. The summed E-state index contributed by atoms with van der Waals surface area (Å²) in [4.78, 5) is 13.5. The first-order valence-corrected chi connectivity index (χ1v) is 5.20. The van der Waals surface area contributed by atoms with Crippen LogP contribution in [0.4, 0.5) is 10.3 Å². The number of rotatable bonds is 3. The van der Waals surface area contributed by atoms with Crippen molar-refractivity contribution in [3.63, 3.8) is 0 Å². The highest BCUT2D eigenvalue weighted by Gasteiger charge is 2.46. The molecule has 94 valence electrons. The predicted octanol–water partition coefficient (Wildman–Crippen LogP) is 0.626. The van der Waals surface area contributed by atoms with Crippen LogP contribution in [0.1, 0.15) is 6.23 Å². The van der Waals surface area contributed by atoms with E-state index in [1.54, 1.807) is 0 Å². The Labute approximate surface area is 99.9 Å². The van der Waals surface area contributed by atoms with E-state index in [4.69, 9.17) is 16.3 Å². The average Bonchev–Trinajstić information content (AvgIpc) is 2.86. The molecule has 0 saturated carbocycles. The van der Waals surface area contributed by atoms with Crippen LogP contribution < -0.4 is 0 Å². The van der Waals surface area contributed by atoms with E-state index in [9.17, 15) is 19.6 Å². The van der Waals surface area contributed by atoms with E-state index in [0.29, 0.717) is 0 Å². The van der Waals surface area contributed by atoms with Crippen LogP contribution in [0.25, 0.3) is 0 Å². The third kappa shape index (κ3) is 1.99. The topological polar surface area (TPSA) is 90.4 Å². The predicted molar refractivity (Wildman–Crippen MR) is 54.4 cm³/mol. The summed E-state index contributed by atoms with van der Waals surface area (Å²) in [7, 11) is 0. The smallest absolute Gasteiger partial charge is 0.390 e. The second-order valence-corrected chi connectivity index (χ2v) is 4.05. The lowest BCUT2D eigenvalue weighted by Gasteiger charge is -2.12. The monoisotopic (exact) mass is 265 g/mol. The molecule has 7 nitrogen and oxygen atoms in total.